The number of fused-ring (bicyclic) bond motifs is 1. The number of hydrogen-bond acceptors (Lipinski definition) is 10. The fourth-order valence-electron chi connectivity index (χ4n) is 6.18. The van der Waals surface area contributed by atoms with Crippen LogP contribution < -0.4 is 26.6 Å². The number of nitrogens with zero attached hydrogens (tertiary/aromatic N) is 2. The molecule has 270 valence electrons. The van der Waals surface area contributed by atoms with E-state index in [1.54, 1.807) is 9.80 Å². The molecule has 2 aromatic carbocycles. The molecule has 4 atom stereocenters. The number of nitrogens with two attached hydrogens (primary N) is 2. The van der Waals surface area contributed by atoms with Crippen LogP contribution in [0.3, 0.4) is 0 Å². The van der Waals surface area contributed by atoms with Crippen LogP contribution in [0.5, 0.6) is 0 Å². The number of ether oxygens (including phenoxy) is 3. The third-order valence-corrected chi connectivity index (χ3v) is 9.29. The van der Waals surface area contributed by atoms with E-state index < -0.39 is 12.4 Å². The fraction of sp³-hybridized carbons (Fsp3) is 0.595. The largest absolute Gasteiger partial charge is 0.381 e. The van der Waals surface area contributed by atoms with Crippen LogP contribution in [0.4, 0.5) is 11.4 Å². The SMILES string of the molecule is C[C@@H](OCc1ccc(CCCOCCCCCOCCCc2ccc3c(c2)N(C)C(O)N3C2CCC(=O)NC2=O)cc1)[C@@H](N)CCC(N)=O. The minimum atomic E-state index is -0.956. The molecule has 0 saturated carbocycles. The normalized spacial score (nSPS) is 18.8. The Bertz CT molecular complexity index is 1360. The lowest BCUT2D eigenvalue weighted by Gasteiger charge is -2.34. The zero-order valence-electron chi connectivity index (χ0n) is 29.1. The van der Waals surface area contributed by atoms with Gasteiger partial charge in [-0.15, -0.1) is 0 Å². The summed E-state index contributed by atoms with van der Waals surface area (Å²) in [7, 11) is 1.81. The van der Waals surface area contributed by atoms with E-state index in [0.29, 0.717) is 26.1 Å². The number of amides is 3. The number of benzene rings is 2. The molecule has 0 spiro atoms. The van der Waals surface area contributed by atoms with Crippen molar-refractivity contribution in [3.8, 4) is 0 Å². The van der Waals surface area contributed by atoms with E-state index >= 15 is 0 Å². The van der Waals surface area contributed by atoms with Crippen molar-refractivity contribution in [2.24, 2.45) is 11.5 Å². The van der Waals surface area contributed by atoms with Crippen molar-refractivity contribution < 1.29 is 33.7 Å². The Balaban J connectivity index is 0.992. The van der Waals surface area contributed by atoms with Crippen molar-refractivity contribution in [2.75, 3.05) is 43.3 Å². The number of aliphatic hydroxyl groups is 1. The van der Waals surface area contributed by atoms with E-state index in [1.165, 1.54) is 5.56 Å². The molecule has 2 aliphatic heterocycles. The van der Waals surface area contributed by atoms with Crippen LogP contribution in [0.25, 0.3) is 0 Å². The first-order valence-corrected chi connectivity index (χ1v) is 17.7. The van der Waals surface area contributed by atoms with Gasteiger partial charge in [0, 0.05) is 52.4 Å². The maximum absolute atomic E-state index is 12.4. The van der Waals surface area contributed by atoms with Crippen molar-refractivity contribution in [3.05, 3.63) is 59.2 Å². The number of imide groups is 1. The number of piperidine rings is 1. The summed E-state index contributed by atoms with van der Waals surface area (Å²) >= 11 is 0. The van der Waals surface area contributed by atoms with Crippen LogP contribution in [0.15, 0.2) is 42.5 Å². The predicted octanol–water partition coefficient (Wildman–Crippen LogP) is 3.29. The second-order valence-corrected chi connectivity index (χ2v) is 13.1. The molecular formula is C37H55N5O7. The molecule has 3 amide bonds. The summed E-state index contributed by atoms with van der Waals surface area (Å²) in [6.07, 6.45) is 7.14. The molecule has 6 N–H and O–H groups in total. The first kappa shape index (κ1) is 38.3. The smallest absolute Gasteiger partial charge is 0.249 e. The van der Waals surface area contributed by atoms with E-state index in [1.807, 2.05) is 26.1 Å². The maximum Gasteiger partial charge on any atom is 0.249 e. The molecule has 1 saturated heterocycles. The molecule has 2 aliphatic rings. The predicted molar refractivity (Wildman–Crippen MR) is 189 cm³/mol. The quantitative estimate of drug-likeness (QED) is 0.107. The van der Waals surface area contributed by atoms with Gasteiger partial charge in [-0.1, -0.05) is 30.3 Å². The number of rotatable bonds is 22. The highest BCUT2D eigenvalue weighted by atomic mass is 16.5. The zero-order chi connectivity index (χ0) is 35.2. The summed E-state index contributed by atoms with van der Waals surface area (Å²) in [5.41, 5.74) is 16.5. The number of unbranched alkanes of at least 4 members (excludes halogenated alkanes) is 2. The van der Waals surface area contributed by atoms with E-state index in [9.17, 15) is 19.5 Å². The van der Waals surface area contributed by atoms with E-state index in [-0.39, 0.29) is 42.7 Å². The summed E-state index contributed by atoms with van der Waals surface area (Å²) < 4.78 is 17.6. The summed E-state index contributed by atoms with van der Waals surface area (Å²) in [5, 5.41) is 13.2. The van der Waals surface area contributed by atoms with Crippen molar-refractivity contribution in [3.63, 3.8) is 0 Å². The lowest BCUT2D eigenvalue weighted by Crippen LogP contribution is -2.56. The Labute approximate surface area is 290 Å². The van der Waals surface area contributed by atoms with Gasteiger partial charge < -0.3 is 40.6 Å². The lowest BCUT2D eigenvalue weighted by molar-refractivity contribution is -0.134. The number of nitrogens with one attached hydrogen (secondary N) is 1. The van der Waals surface area contributed by atoms with Gasteiger partial charge >= 0.3 is 0 Å². The molecule has 0 bridgehead atoms. The van der Waals surface area contributed by atoms with Gasteiger partial charge in [0.05, 0.1) is 24.1 Å². The third kappa shape index (κ3) is 11.8. The van der Waals surface area contributed by atoms with Crippen molar-refractivity contribution in [1.29, 1.82) is 0 Å². The molecule has 1 fully saturated rings. The Kier molecular flexibility index (Phi) is 15.3. The Morgan fingerprint density at radius 1 is 0.918 bits per heavy atom. The van der Waals surface area contributed by atoms with Crippen LogP contribution in [0.1, 0.15) is 81.4 Å². The maximum atomic E-state index is 12.4. The van der Waals surface area contributed by atoms with Gasteiger partial charge in [0.2, 0.25) is 24.1 Å². The highest BCUT2D eigenvalue weighted by Gasteiger charge is 2.42. The molecule has 12 heteroatoms. The average molecular weight is 682 g/mol. The molecule has 0 radical (unpaired) electrons. The second-order valence-electron chi connectivity index (χ2n) is 13.1. The van der Waals surface area contributed by atoms with Crippen molar-refractivity contribution >= 4 is 29.1 Å². The Morgan fingerprint density at radius 3 is 2.18 bits per heavy atom. The molecule has 0 aromatic heterocycles. The van der Waals surface area contributed by atoms with Gasteiger partial charge in [-0.3, -0.25) is 19.7 Å². The second kappa shape index (κ2) is 19.6. The van der Waals surface area contributed by atoms with Crippen LogP contribution in [0.2, 0.25) is 0 Å². The number of anilines is 2. The van der Waals surface area contributed by atoms with Gasteiger partial charge in [-0.2, -0.15) is 0 Å². The van der Waals surface area contributed by atoms with E-state index in [0.717, 1.165) is 87.3 Å². The highest BCUT2D eigenvalue weighted by molar-refractivity contribution is 6.02. The zero-order valence-corrected chi connectivity index (χ0v) is 29.1. The topological polar surface area (TPSA) is 170 Å². The van der Waals surface area contributed by atoms with Crippen molar-refractivity contribution in [2.45, 2.75) is 109 Å². The minimum Gasteiger partial charge on any atom is -0.381 e. The summed E-state index contributed by atoms with van der Waals surface area (Å²) in [5.74, 6) is -0.976. The molecule has 4 rings (SSSR count). The number of carbonyl (C=O) groups is 3. The number of hydrogen-bond donors (Lipinski definition) is 4. The van der Waals surface area contributed by atoms with Gasteiger partial charge in [-0.25, -0.2) is 0 Å². The highest BCUT2D eigenvalue weighted by Crippen LogP contribution is 2.41. The Morgan fingerprint density at radius 2 is 1.53 bits per heavy atom. The number of primary amides is 1. The lowest BCUT2D eigenvalue weighted by atomic mass is 10.0. The molecule has 0 aliphatic carbocycles. The van der Waals surface area contributed by atoms with Gasteiger partial charge in [0.1, 0.15) is 6.04 Å². The first-order chi connectivity index (χ1) is 23.6. The number of carbonyl (C=O) groups excluding carboxylic acids is 3. The van der Waals surface area contributed by atoms with Crippen LogP contribution in [-0.4, -0.2) is 80.8 Å². The van der Waals surface area contributed by atoms with E-state index in [2.05, 4.69) is 35.6 Å². The Hall–Kier alpha value is -3.55. The first-order valence-electron chi connectivity index (χ1n) is 17.7. The summed E-state index contributed by atoms with van der Waals surface area (Å²) in [6, 6.07) is 13.7. The van der Waals surface area contributed by atoms with Crippen LogP contribution >= 0.6 is 0 Å². The standard InChI is InChI=1S/C37H55N5O7/c1-26(30(38)15-18-34(39)43)49-25-29-12-10-27(11-13-29)8-6-22-47-20-4-3-5-21-48-23-7-9-28-14-16-31-33(24-28)41(2)37(46)42(31)32-17-19-35(44)40-36(32)45/h10-14,16,24,26,30,32,37,46H,3-9,15,17-23,25,38H2,1-2H3,(H2,39,43)(H,40,44,45)/t26-,30+,32?,37?/m1/s1. The minimum absolute atomic E-state index is 0.152. The van der Waals surface area contributed by atoms with E-state index in [4.69, 9.17) is 25.7 Å². The monoisotopic (exact) mass is 681 g/mol. The van der Waals surface area contributed by atoms with Crippen molar-refractivity contribution in [1.82, 2.24) is 5.32 Å². The summed E-state index contributed by atoms with van der Waals surface area (Å²) in [4.78, 5) is 38.4. The number of aliphatic hydroxyl groups excluding tert-OH is 1. The summed E-state index contributed by atoms with van der Waals surface area (Å²) in [6.45, 7) is 5.34. The fourth-order valence-corrected chi connectivity index (χ4v) is 6.18. The average Bonchev–Trinajstić information content (AvgIpc) is 3.33. The molecule has 2 unspecified atom stereocenters. The van der Waals surface area contributed by atoms with Crippen LogP contribution in [0, 0.1) is 0 Å². The molecule has 12 nitrogen and oxygen atoms in total. The van der Waals surface area contributed by atoms with Gasteiger partial charge in [0.15, 0.2) is 0 Å². The molecule has 2 aromatic rings. The van der Waals surface area contributed by atoms with Gasteiger partial charge in [-0.05, 0) is 93.5 Å². The van der Waals surface area contributed by atoms with Crippen LogP contribution in [-0.2, 0) is 48.0 Å². The third-order valence-electron chi connectivity index (χ3n) is 9.29. The molecule has 2 heterocycles. The molecular weight excluding hydrogens is 626 g/mol. The number of aryl methyl sites for hydroxylation is 2. The molecule has 49 heavy (non-hydrogen) atoms. The van der Waals surface area contributed by atoms with Gasteiger partial charge in [0.25, 0.3) is 0 Å².